The van der Waals surface area contributed by atoms with E-state index in [1.165, 1.54) is 0 Å². The number of rotatable bonds is 3. The molecule has 0 aliphatic rings. The van der Waals surface area contributed by atoms with Crippen LogP contribution in [0.5, 0.6) is 0 Å². The van der Waals surface area contributed by atoms with E-state index in [2.05, 4.69) is 25.3 Å². The number of aromatic nitrogens is 4. The molecule has 4 rings (SSSR count). The van der Waals surface area contributed by atoms with Gasteiger partial charge in [0.1, 0.15) is 5.82 Å². The van der Waals surface area contributed by atoms with E-state index >= 15 is 0 Å². The molecular weight excluding hydrogens is 366 g/mol. The Labute approximate surface area is 159 Å². The van der Waals surface area contributed by atoms with Crippen LogP contribution in [0.25, 0.3) is 22.6 Å². The third-order valence-electron chi connectivity index (χ3n) is 4.06. The predicted octanol–water partition coefficient (Wildman–Crippen LogP) is 4.44. The third kappa shape index (κ3) is 3.29. The molecule has 27 heavy (non-hydrogen) atoms. The maximum Gasteiger partial charge on any atom is 0.293 e. The van der Waals surface area contributed by atoms with Crippen molar-refractivity contribution in [2.75, 3.05) is 5.32 Å². The second-order valence-corrected chi connectivity index (χ2v) is 6.67. The molecule has 3 heterocycles. The van der Waals surface area contributed by atoms with Crippen LogP contribution < -0.4 is 5.32 Å². The van der Waals surface area contributed by atoms with Crippen molar-refractivity contribution in [2.45, 2.75) is 20.8 Å². The molecule has 0 fully saturated rings. The predicted molar refractivity (Wildman–Crippen MR) is 103 cm³/mol. The van der Waals surface area contributed by atoms with Crippen molar-refractivity contribution in [3.05, 3.63) is 58.4 Å². The number of nitrogens with one attached hydrogen (secondary N) is 2. The number of benzene rings is 1. The minimum atomic E-state index is -0.372. The second-order valence-electron chi connectivity index (χ2n) is 6.27. The summed E-state index contributed by atoms with van der Waals surface area (Å²) in [5.41, 5.74) is 4.23. The van der Waals surface area contributed by atoms with Crippen molar-refractivity contribution in [3.63, 3.8) is 0 Å². The van der Waals surface area contributed by atoms with E-state index in [4.69, 9.17) is 16.0 Å². The number of nitrogens with zero attached hydrogens (tertiary/aromatic N) is 3. The van der Waals surface area contributed by atoms with Crippen molar-refractivity contribution in [1.29, 1.82) is 0 Å². The third-order valence-corrected chi connectivity index (χ3v) is 4.39. The minimum absolute atomic E-state index is 0.187. The highest BCUT2D eigenvalue weighted by Crippen LogP contribution is 2.30. The van der Waals surface area contributed by atoms with Crippen molar-refractivity contribution in [2.24, 2.45) is 0 Å². The summed E-state index contributed by atoms with van der Waals surface area (Å²) in [6.45, 7) is 5.38. The highest BCUT2D eigenvalue weighted by atomic mass is 35.5. The molecule has 1 aromatic carbocycles. The van der Waals surface area contributed by atoms with Crippen LogP contribution in [0, 0.1) is 20.8 Å². The number of oxazole rings is 1. The first-order valence-corrected chi connectivity index (χ1v) is 8.66. The fourth-order valence-electron chi connectivity index (χ4n) is 2.85. The normalized spacial score (nSPS) is 11.1. The zero-order chi connectivity index (χ0) is 19.1. The van der Waals surface area contributed by atoms with Gasteiger partial charge in [0, 0.05) is 24.4 Å². The van der Waals surface area contributed by atoms with Gasteiger partial charge in [-0.25, -0.2) is 15.0 Å². The first-order valence-electron chi connectivity index (χ1n) is 8.28. The summed E-state index contributed by atoms with van der Waals surface area (Å²) < 4.78 is 5.36. The van der Waals surface area contributed by atoms with Gasteiger partial charge in [-0.1, -0.05) is 11.6 Å². The number of hydrogen-bond acceptors (Lipinski definition) is 5. The average molecular weight is 382 g/mol. The van der Waals surface area contributed by atoms with Crippen LogP contribution in [0.15, 0.2) is 34.9 Å². The Morgan fingerprint density at radius 2 is 2.00 bits per heavy atom. The molecule has 1 amide bonds. The van der Waals surface area contributed by atoms with E-state index in [1.54, 1.807) is 38.2 Å². The van der Waals surface area contributed by atoms with Gasteiger partial charge in [-0.05, 0) is 43.7 Å². The summed E-state index contributed by atoms with van der Waals surface area (Å²) in [4.78, 5) is 28.6. The molecule has 0 aliphatic carbocycles. The topological polar surface area (TPSA) is 96.7 Å². The van der Waals surface area contributed by atoms with Crippen molar-refractivity contribution < 1.29 is 9.21 Å². The fraction of sp³-hybridized carbons (Fsp3) is 0.158. The van der Waals surface area contributed by atoms with E-state index in [-0.39, 0.29) is 11.7 Å². The second kappa shape index (κ2) is 6.51. The molecule has 0 saturated heterocycles. The zero-order valence-electron chi connectivity index (χ0n) is 14.9. The number of H-pyrrole nitrogens is 1. The van der Waals surface area contributed by atoms with E-state index in [1.807, 2.05) is 13.0 Å². The first-order chi connectivity index (χ1) is 12.9. The Kier molecular flexibility index (Phi) is 4.16. The molecular formula is C19H16ClN5O2. The van der Waals surface area contributed by atoms with Gasteiger partial charge in [0.25, 0.3) is 5.91 Å². The molecule has 0 aliphatic heterocycles. The van der Waals surface area contributed by atoms with Crippen LogP contribution in [0.1, 0.15) is 27.7 Å². The van der Waals surface area contributed by atoms with E-state index in [9.17, 15) is 4.79 Å². The molecule has 3 aromatic heterocycles. The molecule has 4 aromatic rings. The number of halogens is 1. The van der Waals surface area contributed by atoms with Crippen molar-refractivity contribution >= 4 is 34.4 Å². The van der Waals surface area contributed by atoms with Gasteiger partial charge in [0.15, 0.2) is 11.5 Å². The highest BCUT2D eigenvalue weighted by Gasteiger charge is 2.17. The number of imidazole rings is 1. The molecule has 0 bridgehead atoms. The van der Waals surface area contributed by atoms with Gasteiger partial charge >= 0.3 is 0 Å². The molecule has 0 spiro atoms. The monoisotopic (exact) mass is 381 g/mol. The number of pyridine rings is 1. The molecule has 7 nitrogen and oxygen atoms in total. The number of aromatic amines is 1. The number of fused-ring (bicyclic) bond motifs is 1. The van der Waals surface area contributed by atoms with Gasteiger partial charge in [0.2, 0.25) is 5.76 Å². The van der Waals surface area contributed by atoms with Gasteiger partial charge in [-0.15, -0.1) is 0 Å². The van der Waals surface area contributed by atoms with Gasteiger partial charge in [-0.2, -0.15) is 0 Å². The van der Waals surface area contributed by atoms with Gasteiger partial charge in [-0.3, -0.25) is 4.79 Å². The van der Waals surface area contributed by atoms with Crippen LogP contribution in [0.3, 0.4) is 0 Å². The lowest BCUT2D eigenvalue weighted by Gasteiger charge is -2.07. The maximum absolute atomic E-state index is 12.4. The summed E-state index contributed by atoms with van der Waals surface area (Å²) in [6.07, 6.45) is 1.76. The van der Waals surface area contributed by atoms with Crippen LogP contribution in [0.4, 0.5) is 5.69 Å². The number of amides is 1. The summed E-state index contributed by atoms with van der Waals surface area (Å²) in [7, 11) is 0. The van der Waals surface area contributed by atoms with E-state index in [0.29, 0.717) is 39.3 Å². The average Bonchev–Trinajstić information content (AvgIpc) is 3.18. The Morgan fingerprint density at radius 3 is 2.74 bits per heavy atom. The molecule has 136 valence electrons. The lowest BCUT2D eigenvalue weighted by atomic mass is 10.2. The highest BCUT2D eigenvalue weighted by molar-refractivity contribution is 6.33. The molecule has 0 unspecified atom stereocenters. The van der Waals surface area contributed by atoms with E-state index in [0.717, 1.165) is 11.1 Å². The van der Waals surface area contributed by atoms with Crippen molar-refractivity contribution in [3.8, 4) is 11.4 Å². The zero-order valence-corrected chi connectivity index (χ0v) is 15.7. The molecule has 2 N–H and O–H groups in total. The standard InChI is InChI=1S/C19H16ClN5O2/c1-9-6-15-18(21-8-9)25-17(24-15)13-7-12(4-5-14(13)20)23-19(26)16-10(2)22-11(3)27-16/h4-8H,1-3H3,(H,23,26)(H,21,24,25). The summed E-state index contributed by atoms with van der Waals surface area (Å²) in [5, 5.41) is 3.31. The Balaban J connectivity index is 1.68. The van der Waals surface area contributed by atoms with Crippen molar-refractivity contribution in [1.82, 2.24) is 19.9 Å². The summed E-state index contributed by atoms with van der Waals surface area (Å²) >= 11 is 6.35. The maximum atomic E-state index is 12.4. The van der Waals surface area contributed by atoms with Gasteiger partial charge in [0.05, 0.1) is 16.2 Å². The lowest BCUT2D eigenvalue weighted by molar-refractivity contribution is 0.0994. The molecule has 0 saturated carbocycles. The van der Waals surface area contributed by atoms with Crippen LogP contribution in [-0.2, 0) is 0 Å². The number of carbonyl (C=O) groups is 1. The largest absolute Gasteiger partial charge is 0.436 e. The summed E-state index contributed by atoms with van der Waals surface area (Å²) in [5.74, 6) is 0.839. The number of carbonyl (C=O) groups excluding carboxylic acids is 1. The molecule has 0 radical (unpaired) electrons. The number of anilines is 1. The minimum Gasteiger partial charge on any atom is -0.436 e. The van der Waals surface area contributed by atoms with Gasteiger partial charge < -0.3 is 14.7 Å². The number of hydrogen-bond donors (Lipinski definition) is 2. The van der Waals surface area contributed by atoms with Crippen LogP contribution >= 0.6 is 11.6 Å². The quantitative estimate of drug-likeness (QED) is 0.546. The van der Waals surface area contributed by atoms with Crippen LogP contribution in [0.2, 0.25) is 5.02 Å². The summed E-state index contributed by atoms with van der Waals surface area (Å²) in [6, 6.07) is 7.14. The SMILES string of the molecule is Cc1cnc2nc(-c3cc(NC(=O)c4oc(C)nc4C)ccc3Cl)[nH]c2c1. The Morgan fingerprint density at radius 1 is 1.19 bits per heavy atom. The number of aryl methyl sites for hydroxylation is 3. The Hall–Kier alpha value is -3.19. The smallest absolute Gasteiger partial charge is 0.293 e. The molecule has 0 atom stereocenters. The Bertz CT molecular complexity index is 1180. The fourth-order valence-corrected chi connectivity index (χ4v) is 3.05. The van der Waals surface area contributed by atoms with E-state index < -0.39 is 0 Å². The molecule has 8 heteroatoms. The van der Waals surface area contributed by atoms with Crippen LogP contribution in [-0.4, -0.2) is 25.8 Å². The lowest BCUT2D eigenvalue weighted by Crippen LogP contribution is -2.12. The first kappa shape index (κ1) is 17.2.